The average molecular weight is 684 g/mol. The first-order valence-corrected chi connectivity index (χ1v) is 63.3. The van der Waals surface area contributed by atoms with Crippen molar-refractivity contribution in [2.24, 2.45) is 0 Å². The van der Waals surface area contributed by atoms with E-state index in [1.54, 1.807) is 6.07 Å². The van der Waals surface area contributed by atoms with E-state index in [9.17, 15) is 4.79 Å². The first kappa shape index (κ1) is 34.0. The number of fused-ring (bicyclic) bond motifs is 1. The van der Waals surface area contributed by atoms with Crippen molar-refractivity contribution in [3.8, 4) is 12.1 Å². The molecule has 1 fully saturated rings. The Morgan fingerprint density at radius 2 is 1.60 bits per heavy atom. The van der Waals surface area contributed by atoms with E-state index < -0.39 is 0 Å². The Hall–Kier alpha value is 1.79. The van der Waals surface area contributed by atoms with Crippen molar-refractivity contribution >= 4 is 108 Å². The molecule has 0 aliphatic heterocycles. The van der Waals surface area contributed by atoms with Gasteiger partial charge < -0.3 is 15.7 Å². The number of ketones is 1. The first-order valence-electron chi connectivity index (χ1n) is 10.1. The maximum absolute atomic E-state index is 10.5. The third-order valence-electron chi connectivity index (χ3n) is 4.14. The molecule has 3 rings (SSSR count). The first-order chi connectivity index (χ1) is 14.5. The topological polar surface area (TPSA) is 115 Å². The molecule has 1 saturated carbocycles. The summed E-state index contributed by atoms with van der Waals surface area (Å²) in [6.07, 6.45) is 9.53. The number of Topliss-reactive ketones (excluding diaryl/α,β-unsaturated/α-hetero) is 1. The molecule has 2 aliphatic carbocycles. The number of aliphatic hydroxyl groups is 1. The van der Waals surface area contributed by atoms with Crippen LogP contribution in [-0.2, 0) is 17.6 Å². The number of aliphatic hydroxyl groups excluding tert-OH is 1. The van der Waals surface area contributed by atoms with Crippen LogP contribution in [0.5, 0.6) is 0 Å². The normalized spacial score (nSPS) is 13.2. The Kier molecular flexibility index (Phi) is 27.1. The van der Waals surface area contributed by atoms with Crippen LogP contribution in [0.25, 0.3) is 4.85 Å². The third-order valence-corrected chi connectivity index (χ3v) is 5.49. The van der Waals surface area contributed by atoms with Gasteiger partial charge in [-0.1, -0.05) is 18.6 Å². The van der Waals surface area contributed by atoms with E-state index in [4.69, 9.17) is 40.2 Å². The van der Waals surface area contributed by atoms with Crippen LogP contribution >= 0.6 is 23.6 Å². The average Bonchev–Trinajstić information content (AvgIpc) is 2.79. The fourth-order valence-corrected chi connectivity index (χ4v) is 4.19. The molecular formula is C20H26Cs2N4O2S2. The second-order valence-corrected chi connectivity index (χ2v) is 7.70. The minimum absolute atomic E-state index is 0.0139. The zero-order chi connectivity index (χ0) is 23.4. The zero-order valence-corrected chi connectivity index (χ0v) is 32.4. The van der Waals surface area contributed by atoms with E-state index in [0.717, 1.165) is 135 Å². The van der Waals surface area contributed by atoms with Crippen LogP contribution in [0.2, 0.25) is 0 Å². The van der Waals surface area contributed by atoms with Crippen LogP contribution in [0.1, 0.15) is 61.6 Å². The minimum atomic E-state index is -0.0139. The summed E-state index contributed by atoms with van der Waals surface area (Å²) in [5, 5.41) is 24.2. The number of hydrogen-bond donors (Lipinski definition) is 2. The Morgan fingerprint density at radius 3 is 1.97 bits per heavy atom. The molecule has 1 heterocycles. The van der Waals surface area contributed by atoms with Crippen LogP contribution in [0, 0.1) is 33.1 Å². The van der Waals surface area contributed by atoms with E-state index in [1.807, 2.05) is 0 Å². The summed E-state index contributed by atoms with van der Waals surface area (Å²) in [5.41, 5.74) is 8.76. The molecular weight excluding hydrogens is 658 g/mol. The summed E-state index contributed by atoms with van der Waals surface area (Å²) in [6.45, 7) is 5.99. The van der Waals surface area contributed by atoms with Crippen molar-refractivity contribution in [2.45, 2.75) is 57.8 Å². The van der Waals surface area contributed by atoms with Gasteiger partial charge in [-0.05, 0) is 49.7 Å². The molecule has 0 spiro atoms. The predicted octanol–water partition coefficient (Wildman–Crippen LogP) is 3.61. The summed E-state index contributed by atoms with van der Waals surface area (Å²) in [5.74, 6) is 0.464. The fraction of sp³-hybridized carbons (Fsp3) is 0.550. The molecule has 1 aromatic heterocycles. The van der Waals surface area contributed by atoms with Gasteiger partial charge in [0.25, 0.3) is 6.54 Å². The Labute approximate surface area is 242 Å². The van der Waals surface area contributed by atoms with Crippen LogP contribution in [-0.4, -0.2) is 98.1 Å². The number of nitrogens with zero attached hydrogens (tertiary/aromatic N) is 3. The quantitative estimate of drug-likeness (QED) is 0.245. The number of carbonyl (C=O) groups excluding carboxylic acids is 1. The molecule has 2 aliphatic rings. The van der Waals surface area contributed by atoms with Gasteiger partial charge in [-0.25, -0.2) is 6.57 Å². The van der Waals surface area contributed by atoms with E-state index in [-0.39, 0.29) is 6.54 Å². The molecule has 152 valence electrons. The number of hydrogen-bond acceptors (Lipinski definition) is 7. The van der Waals surface area contributed by atoms with E-state index in [2.05, 4.69) is 10.9 Å². The second-order valence-electron chi connectivity index (χ2n) is 5.98. The number of nitrogens with two attached hydrogens (primary N) is 1. The van der Waals surface area contributed by atoms with Crippen molar-refractivity contribution in [2.75, 3.05) is 19.4 Å². The predicted molar refractivity (Wildman–Crippen MR) is 126 cm³/mol. The second kappa shape index (κ2) is 23.9. The number of nitriles is 2. The standard InChI is InChI=1S/C10H10N2S2.C6H10O.C3H2N2.CH4O.2Cs/c11-5-8-6-3-1-2-4-7(6)10(13)14-9(8)12;7-6-4-2-1-3-5-6;1-5-3-2-4;1-2;;/h1-4,12H2;1-5H2;3H2;2H,1H3;;. The SMILES string of the molecule is CO.N#Cc1c(N)sc(=S)c2c1CCCC2.O=C1CCCCC1.[C-]#[N+]CC#N.[Cs][Cs]. The monoisotopic (exact) mass is 684 g/mol. The van der Waals surface area contributed by atoms with Gasteiger partial charge in [0, 0.05) is 20.0 Å². The van der Waals surface area contributed by atoms with Crippen molar-refractivity contribution < 1.29 is 9.90 Å². The molecule has 0 radical (unpaired) electrons. The van der Waals surface area contributed by atoms with Gasteiger partial charge in [-0.2, -0.15) is 10.5 Å². The molecule has 0 atom stereocenters. The van der Waals surface area contributed by atoms with Crippen molar-refractivity contribution in [1.29, 1.82) is 10.5 Å². The zero-order valence-electron chi connectivity index (χ0n) is 18.2. The molecule has 6 nitrogen and oxygen atoms in total. The molecule has 0 aromatic carbocycles. The Bertz CT molecular complexity index is 804. The summed E-state index contributed by atoms with van der Waals surface area (Å²) in [4.78, 5) is 13.2. The summed E-state index contributed by atoms with van der Waals surface area (Å²) >= 11 is 8.85. The van der Waals surface area contributed by atoms with E-state index in [0.29, 0.717) is 16.3 Å². The molecule has 1 aromatic rings. The number of nitrogen functional groups attached to an aromatic ring is 1. The number of anilines is 1. The molecule has 0 bridgehead atoms. The van der Waals surface area contributed by atoms with Crippen LogP contribution in [0.3, 0.4) is 0 Å². The van der Waals surface area contributed by atoms with Gasteiger partial charge >= 0.3 is 73.6 Å². The number of rotatable bonds is 0. The fourth-order valence-electron chi connectivity index (χ4n) is 2.87. The van der Waals surface area contributed by atoms with Gasteiger partial charge in [0.1, 0.15) is 22.9 Å². The van der Waals surface area contributed by atoms with Gasteiger partial charge in [0.2, 0.25) is 0 Å². The summed E-state index contributed by atoms with van der Waals surface area (Å²) in [6, 6.07) is 3.85. The van der Waals surface area contributed by atoms with Crippen molar-refractivity contribution in [1.82, 2.24) is 0 Å². The molecule has 10 heteroatoms. The van der Waals surface area contributed by atoms with Gasteiger partial charge in [0.15, 0.2) is 0 Å². The van der Waals surface area contributed by atoms with Crippen molar-refractivity contribution in [3.63, 3.8) is 0 Å². The molecule has 0 unspecified atom stereocenters. The summed E-state index contributed by atoms with van der Waals surface area (Å²) in [7, 11) is 1.00. The van der Waals surface area contributed by atoms with Crippen LogP contribution in [0.15, 0.2) is 0 Å². The molecule has 0 amide bonds. The Balaban J connectivity index is 0. The third kappa shape index (κ3) is 14.8. The van der Waals surface area contributed by atoms with E-state index >= 15 is 0 Å². The van der Waals surface area contributed by atoms with Crippen molar-refractivity contribution in [3.05, 3.63) is 31.9 Å². The Morgan fingerprint density at radius 1 is 1.10 bits per heavy atom. The maximum atomic E-state index is 10.5. The van der Waals surface area contributed by atoms with Crippen LogP contribution < -0.4 is 5.73 Å². The molecule has 30 heavy (non-hydrogen) atoms. The summed E-state index contributed by atoms with van der Waals surface area (Å²) < 4.78 is 0.871. The van der Waals surface area contributed by atoms with Gasteiger partial charge in [-0.15, -0.1) is 11.3 Å². The van der Waals surface area contributed by atoms with Gasteiger partial charge in [-0.3, -0.25) is 4.79 Å². The molecule has 0 saturated heterocycles. The van der Waals surface area contributed by atoms with Crippen LogP contribution in [0.4, 0.5) is 5.00 Å². The molecule has 3 N–H and O–H groups in total. The van der Waals surface area contributed by atoms with E-state index in [1.165, 1.54) is 29.7 Å². The van der Waals surface area contributed by atoms with Gasteiger partial charge in [0.05, 0.1) is 9.39 Å². The number of carbonyl (C=O) groups is 1.